The Bertz CT molecular complexity index is 130. The maximum Gasteiger partial charge on any atom is 0.0943 e. The van der Waals surface area contributed by atoms with Gasteiger partial charge in [-0.25, -0.2) is 10.9 Å². The molecular formula is C11H24N2. The van der Waals surface area contributed by atoms with Crippen molar-refractivity contribution in [3.05, 3.63) is 0 Å². The second-order valence-corrected chi connectivity index (χ2v) is 4.25. The highest BCUT2D eigenvalue weighted by Gasteiger charge is 2.39. The van der Waals surface area contributed by atoms with Gasteiger partial charge in [-0.3, -0.25) is 0 Å². The molecule has 1 heterocycles. The molecule has 78 valence electrons. The summed E-state index contributed by atoms with van der Waals surface area (Å²) in [5, 5.41) is 0. The van der Waals surface area contributed by atoms with Crippen LogP contribution < -0.4 is 10.9 Å². The van der Waals surface area contributed by atoms with E-state index in [2.05, 4.69) is 24.7 Å². The number of hydrazine groups is 1. The van der Waals surface area contributed by atoms with Gasteiger partial charge in [-0.1, -0.05) is 52.4 Å². The van der Waals surface area contributed by atoms with E-state index >= 15 is 0 Å². The Balaban J connectivity index is 1.93. The minimum Gasteiger partial charge on any atom is -0.235 e. The molecule has 1 rings (SSSR count). The maximum atomic E-state index is 3.29. The Morgan fingerprint density at radius 1 is 0.769 bits per heavy atom. The quantitative estimate of drug-likeness (QED) is 0.450. The van der Waals surface area contributed by atoms with Gasteiger partial charge in [0, 0.05) is 0 Å². The molecule has 0 aromatic heterocycles. The van der Waals surface area contributed by atoms with Crippen molar-refractivity contribution in [2.24, 2.45) is 0 Å². The largest absolute Gasteiger partial charge is 0.235 e. The highest BCUT2D eigenvalue weighted by molar-refractivity contribution is 4.93. The standard InChI is InChI=1S/C11H24N2/c1-3-5-6-7-8-10-11(9-4-2)12-13-11/h12-13H,3-10H2,1-2H3. The van der Waals surface area contributed by atoms with E-state index in [1.54, 1.807) is 0 Å². The number of rotatable bonds is 8. The smallest absolute Gasteiger partial charge is 0.0943 e. The van der Waals surface area contributed by atoms with Gasteiger partial charge in [0.1, 0.15) is 0 Å². The van der Waals surface area contributed by atoms with Crippen LogP contribution in [-0.2, 0) is 0 Å². The molecule has 0 aromatic carbocycles. The number of unbranched alkanes of at least 4 members (excludes halogenated alkanes) is 4. The number of hydrogen-bond acceptors (Lipinski definition) is 2. The van der Waals surface area contributed by atoms with Gasteiger partial charge < -0.3 is 0 Å². The van der Waals surface area contributed by atoms with E-state index < -0.39 is 0 Å². The fraction of sp³-hybridized carbons (Fsp3) is 1.00. The molecule has 1 fully saturated rings. The van der Waals surface area contributed by atoms with Gasteiger partial charge in [0.05, 0.1) is 5.66 Å². The van der Waals surface area contributed by atoms with Crippen molar-refractivity contribution in [2.75, 3.05) is 0 Å². The summed E-state index contributed by atoms with van der Waals surface area (Å²) in [5.74, 6) is 0. The fourth-order valence-electron chi connectivity index (χ4n) is 1.92. The van der Waals surface area contributed by atoms with E-state index in [4.69, 9.17) is 0 Å². The van der Waals surface area contributed by atoms with E-state index in [1.807, 2.05) is 0 Å². The highest BCUT2D eigenvalue weighted by Crippen LogP contribution is 2.24. The molecule has 1 saturated heterocycles. The molecule has 0 bridgehead atoms. The first-order chi connectivity index (χ1) is 6.33. The molecule has 0 radical (unpaired) electrons. The third kappa shape index (κ3) is 4.10. The topological polar surface area (TPSA) is 43.9 Å². The normalized spacial score (nSPS) is 18.9. The lowest BCUT2D eigenvalue weighted by atomic mass is 10.0. The van der Waals surface area contributed by atoms with Crippen LogP contribution in [0.4, 0.5) is 0 Å². The van der Waals surface area contributed by atoms with Gasteiger partial charge in [-0.15, -0.1) is 0 Å². The summed E-state index contributed by atoms with van der Waals surface area (Å²) in [6.07, 6.45) is 10.8. The van der Waals surface area contributed by atoms with Crippen LogP contribution in [0, 0.1) is 0 Å². The summed E-state index contributed by atoms with van der Waals surface area (Å²) in [6, 6.07) is 0. The van der Waals surface area contributed by atoms with Crippen LogP contribution in [0.3, 0.4) is 0 Å². The SMILES string of the molecule is CCCCCCCC1(CCC)NN1. The average Bonchev–Trinajstić information content (AvgIpc) is 2.86. The first kappa shape index (κ1) is 11.0. The maximum absolute atomic E-state index is 3.29. The Kier molecular flexibility index (Phi) is 4.74. The summed E-state index contributed by atoms with van der Waals surface area (Å²) in [7, 11) is 0. The van der Waals surface area contributed by atoms with Gasteiger partial charge in [0.15, 0.2) is 0 Å². The molecule has 0 unspecified atom stereocenters. The molecule has 0 aromatic rings. The lowest BCUT2D eigenvalue weighted by Gasteiger charge is -2.09. The molecule has 13 heavy (non-hydrogen) atoms. The van der Waals surface area contributed by atoms with Crippen LogP contribution in [0.15, 0.2) is 0 Å². The van der Waals surface area contributed by atoms with Gasteiger partial charge in [0.2, 0.25) is 0 Å². The molecular weight excluding hydrogens is 160 g/mol. The third-order valence-corrected chi connectivity index (χ3v) is 2.86. The Morgan fingerprint density at radius 3 is 2.00 bits per heavy atom. The molecule has 2 nitrogen and oxygen atoms in total. The van der Waals surface area contributed by atoms with Crippen LogP contribution in [-0.4, -0.2) is 5.66 Å². The molecule has 0 atom stereocenters. The zero-order valence-corrected chi connectivity index (χ0v) is 9.16. The zero-order chi connectivity index (χ0) is 9.57. The summed E-state index contributed by atoms with van der Waals surface area (Å²) in [4.78, 5) is 0. The van der Waals surface area contributed by atoms with Crippen LogP contribution in [0.2, 0.25) is 0 Å². The molecule has 0 saturated carbocycles. The Hall–Kier alpha value is -0.0800. The summed E-state index contributed by atoms with van der Waals surface area (Å²) >= 11 is 0. The van der Waals surface area contributed by atoms with Crippen molar-refractivity contribution in [1.29, 1.82) is 0 Å². The molecule has 0 spiro atoms. The second kappa shape index (κ2) is 5.61. The minimum atomic E-state index is 0.348. The van der Waals surface area contributed by atoms with Gasteiger partial charge in [-0.2, -0.15) is 0 Å². The van der Waals surface area contributed by atoms with Gasteiger partial charge in [0.25, 0.3) is 0 Å². The number of nitrogens with one attached hydrogen (secondary N) is 2. The van der Waals surface area contributed by atoms with E-state index in [-0.39, 0.29) is 0 Å². The van der Waals surface area contributed by atoms with Gasteiger partial charge in [-0.05, 0) is 12.8 Å². The van der Waals surface area contributed by atoms with Crippen molar-refractivity contribution in [3.63, 3.8) is 0 Å². The highest BCUT2D eigenvalue weighted by atomic mass is 15.7. The van der Waals surface area contributed by atoms with Crippen LogP contribution >= 0.6 is 0 Å². The van der Waals surface area contributed by atoms with Crippen molar-refractivity contribution in [2.45, 2.75) is 70.9 Å². The molecule has 0 amide bonds. The lowest BCUT2D eigenvalue weighted by Crippen LogP contribution is -2.16. The Labute approximate surface area is 82.5 Å². The van der Waals surface area contributed by atoms with Crippen molar-refractivity contribution in [3.8, 4) is 0 Å². The first-order valence-corrected chi connectivity index (χ1v) is 5.87. The summed E-state index contributed by atoms with van der Waals surface area (Å²) < 4.78 is 0. The van der Waals surface area contributed by atoms with Crippen LogP contribution in [0.5, 0.6) is 0 Å². The molecule has 1 aliphatic rings. The minimum absolute atomic E-state index is 0.348. The van der Waals surface area contributed by atoms with Crippen molar-refractivity contribution < 1.29 is 0 Å². The zero-order valence-electron chi connectivity index (χ0n) is 9.16. The third-order valence-electron chi connectivity index (χ3n) is 2.86. The van der Waals surface area contributed by atoms with Crippen LogP contribution in [0.25, 0.3) is 0 Å². The molecule has 0 aliphatic carbocycles. The fourth-order valence-corrected chi connectivity index (χ4v) is 1.92. The molecule has 1 aliphatic heterocycles. The molecule has 2 N–H and O–H groups in total. The van der Waals surface area contributed by atoms with E-state index in [0.29, 0.717) is 5.66 Å². The van der Waals surface area contributed by atoms with Crippen molar-refractivity contribution >= 4 is 0 Å². The summed E-state index contributed by atoms with van der Waals surface area (Å²) in [5.41, 5.74) is 6.93. The second-order valence-electron chi connectivity index (χ2n) is 4.25. The summed E-state index contributed by atoms with van der Waals surface area (Å²) in [6.45, 7) is 4.52. The molecule has 2 heteroatoms. The monoisotopic (exact) mass is 184 g/mol. The predicted octanol–water partition coefficient (Wildman–Crippen LogP) is 2.95. The van der Waals surface area contributed by atoms with Crippen LogP contribution in [0.1, 0.15) is 65.2 Å². The number of hydrogen-bond donors (Lipinski definition) is 2. The predicted molar refractivity (Wildman–Crippen MR) is 57.3 cm³/mol. The van der Waals surface area contributed by atoms with E-state index in [9.17, 15) is 0 Å². The van der Waals surface area contributed by atoms with E-state index in [1.165, 1.54) is 51.4 Å². The van der Waals surface area contributed by atoms with Gasteiger partial charge >= 0.3 is 0 Å². The average molecular weight is 184 g/mol. The van der Waals surface area contributed by atoms with Crippen molar-refractivity contribution in [1.82, 2.24) is 10.9 Å². The van der Waals surface area contributed by atoms with E-state index in [0.717, 1.165) is 0 Å². The lowest BCUT2D eigenvalue weighted by molar-refractivity contribution is 0.467. The Morgan fingerprint density at radius 2 is 1.46 bits per heavy atom. The first-order valence-electron chi connectivity index (χ1n) is 5.87.